The van der Waals surface area contributed by atoms with Gasteiger partial charge >= 0.3 is 0 Å². The summed E-state index contributed by atoms with van der Waals surface area (Å²) in [6.07, 6.45) is 4.09. The van der Waals surface area contributed by atoms with Crippen LogP contribution in [0.15, 0.2) is 54.6 Å². The van der Waals surface area contributed by atoms with Gasteiger partial charge in [-0.05, 0) is 74.6 Å². The van der Waals surface area contributed by atoms with Gasteiger partial charge in [0.2, 0.25) is 17.7 Å². The van der Waals surface area contributed by atoms with E-state index < -0.39 is 35.8 Å². The second kappa shape index (κ2) is 17.1. The van der Waals surface area contributed by atoms with Gasteiger partial charge in [-0.1, -0.05) is 56.3 Å². The van der Waals surface area contributed by atoms with Crippen molar-refractivity contribution >= 4 is 35.4 Å². The Bertz CT molecular complexity index is 1890. The lowest BCUT2D eigenvalue weighted by atomic mass is 10.0. The lowest BCUT2D eigenvalue weighted by molar-refractivity contribution is -0.130. The first-order valence-electron chi connectivity index (χ1n) is 18.2. The molecule has 0 unspecified atom stereocenters. The number of carbonyl (C=O) groups is 4. The summed E-state index contributed by atoms with van der Waals surface area (Å²) < 4.78 is 15.9. The topological polar surface area (TPSA) is 182 Å². The van der Waals surface area contributed by atoms with Gasteiger partial charge in [0.15, 0.2) is 17.3 Å². The Morgan fingerprint density at radius 2 is 1.74 bits per heavy atom. The Morgan fingerprint density at radius 3 is 2.42 bits per heavy atom. The van der Waals surface area contributed by atoms with Crippen LogP contribution in [0.3, 0.4) is 0 Å². The van der Waals surface area contributed by atoms with E-state index in [9.17, 15) is 19.2 Å². The molecule has 2 bridgehead atoms. The first-order chi connectivity index (χ1) is 25.5. The molecule has 7 rings (SSSR count). The molecule has 4 heterocycles. The van der Waals surface area contributed by atoms with Gasteiger partial charge in [-0.3, -0.25) is 19.2 Å². The highest BCUT2D eigenvalue weighted by Gasteiger charge is 2.31. The highest BCUT2D eigenvalue weighted by atomic mass is 32.1. The van der Waals surface area contributed by atoms with Crippen LogP contribution in [-0.2, 0) is 40.2 Å². The summed E-state index contributed by atoms with van der Waals surface area (Å²) in [6, 6.07) is 13.9. The van der Waals surface area contributed by atoms with Gasteiger partial charge in [0.25, 0.3) is 5.91 Å². The highest BCUT2D eigenvalue weighted by molar-refractivity contribution is 6.99. The number of hydrogen-bond donors (Lipinski definition) is 4. The first kappa shape index (κ1) is 37.6. The van der Waals surface area contributed by atoms with Crippen LogP contribution >= 0.6 is 11.7 Å². The fourth-order valence-corrected chi connectivity index (χ4v) is 6.90. The minimum absolute atomic E-state index is 0.0981. The molecule has 0 radical (unpaired) electrons. The summed E-state index contributed by atoms with van der Waals surface area (Å²) in [5, 5.41) is 16.6. The maximum atomic E-state index is 13.9. The van der Waals surface area contributed by atoms with E-state index in [1.54, 1.807) is 30.7 Å². The van der Waals surface area contributed by atoms with Crippen LogP contribution in [-0.4, -0.2) is 71.9 Å². The van der Waals surface area contributed by atoms with Gasteiger partial charge in [-0.15, -0.1) is 0 Å². The maximum Gasteiger partial charge on any atom is 0.273 e. The second-order valence-electron chi connectivity index (χ2n) is 14.4. The minimum atomic E-state index is -1.03. The number of rotatable bonds is 8. The van der Waals surface area contributed by atoms with E-state index in [2.05, 4.69) is 43.9 Å². The van der Waals surface area contributed by atoms with Crippen LogP contribution < -0.4 is 26.0 Å². The average molecular weight is 742 g/mol. The molecule has 3 aliphatic rings. The molecule has 1 aliphatic carbocycles. The number of nitrogens with one attached hydrogen (secondary N) is 4. The number of amides is 4. The molecule has 1 saturated carbocycles. The van der Waals surface area contributed by atoms with Crippen LogP contribution in [0.5, 0.6) is 5.75 Å². The average Bonchev–Trinajstić information content (AvgIpc) is 3.69. The van der Waals surface area contributed by atoms with E-state index >= 15 is 0 Å². The van der Waals surface area contributed by atoms with Crippen molar-refractivity contribution < 1.29 is 23.9 Å². The Labute approximate surface area is 313 Å². The summed E-state index contributed by atoms with van der Waals surface area (Å²) in [5.74, 6) is 0.681. The molecule has 0 spiro atoms. The molecule has 14 nitrogen and oxygen atoms in total. The smallest absolute Gasteiger partial charge is 0.273 e. The van der Waals surface area contributed by atoms with E-state index in [0.717, 1.165) is 35.7 Å². The van der Waals surface area contributed by atoms with Crippen molar-refractivity contribution in [2.75, 3.05) is 6.61 Å². The van der Waals surface area contributed by atoms with Gasteiger partial charge in [-0.2, -0.15) is 13.8 Å². The predicted octanol–water partition coefficient (Wildman–Crippen LogP) is 3.26. The van der Waals surface area contributed by atoms with Gasteiger partial charge in [-0.25, -0.2) is 9.67 Å². The van der Waals surface area contributed by atoms with Crippen molar-refractivity contribution in [3.63, 3.8) is 0 Å². The lowest BCUT2D eigenvalue weighted by Crippen LogP contribution is -2.54. The summed E-state index contributed by atoms with van der Waals surface area (Å²) in [4.78, 5) is 59.6. The molecular weight excluding hydrogens is 695 g/mol. The summed E-state index contributed by atoms with van der Waals surface area (Å²) in [7, 11) is 0. The second-order valence-corrected chi connectivity index (χ2v) is 15.0. The number of aromatic nitrogens is 5. The fraction of sp³-hybridized carbons (Fsp3) is 0.474. The largest absolute Gasteiger partial charge is 0.491 e. The molecule has 280 valence electrons. The van der Waals surface area contributed by atoms with Crippen molar-refractivity contribution in [1.29, 1.82) is 0 Å². The first-order valence-corrected chi connectivity index (χ1v) is 18.9. The van der Waals surface area contributed by atoms with Gasteiger partial charge in [0.1, 0.15) is 31.0 Å². The lowest BCUT2D eigenvalue weighted by Gasteiger charge is -2.25. The molecule has 4 atom stereocenters. The van der Waals surface area contributed by atoms with E-state index in [-0.39, 0.29) is 37.2 Å². The number of hydrogen-bond acceptors (Lipinski definition) is 10. The SMILES string of the molecule is Cc1nsnc1C(=O)N[C@H]1Cc2ccc(cc2)OC[C@H](CC(C)C)NC(=O)Cn2nc(CC3CC3)nc2[C@@H](Cc2ccccc2)NC(=O)[C@@H](C)NC1=O. The van der Waals surface area contributed by atoms with Crippen LogP contribution in [0.1, 0.15) is 85.0 Å². The van der Waals surface area contributed by atoms with E-state index in [1.165, 1.54) is 0 Å². The molecule has 2 aromatic carbocycles. The number of nitrogens with zero attached hydrogens (tertiary/aromatic N) is 5. The Morgan fingerprint density at radius 1 is 0.981 bits per heavy atom. The summed E-state index contributed by atoms with van der Waals surface area (Å²) in [6.45, 7) is 7.59. The molecule has 0 saturated heterocycles. The van der Waals surface area contributed by atoms with E-state index in [1.807, 2.05) is 42.5 Å². The van der Waals surface area contributed by atoms with Gasteiger partial charge in [0.05, 0.1) is 29.5 Å². The van der Waals surface area contributed by atoms with Crippen molar-refractivity contribution in [2.45, 2.75) is 96.9 Å². The van der Waals surface area contributed by atoms with Crippen LogP contribution in [0, 0.1) is 18.8 Å². The minimum Gasteiger partial charge on any atom is -0.491 e. The van der Waals surface area contributed by atoms with Crippen molar-refractivity contribution in [1.82, 2.24) is 44.8 Å². The van der Waals surface area contributed by atoms with Gasteiger partial charge in [0, 0.05) is 12.8 Å². The van der Waals surface area contributed by atoms with Crippen molar-refractivity contribution in [3.8, 4) is 5.75 Å². The normalized spacial score (nSPS) is 21.6. The highest BCUT2D eigenvalue weighted by Crippen LogP contribution is 2.32. The quantitative estimate of drug-likeness (QED) is 0.211. The van der Waals surface area contributed by atoms with Crippen molar-refractivity contribution in [2.24, 2.45) is 11.8 Å². The molecule has 4 amide bonds. The molecule has 2 aromatic heterocycles. The van der Waals surface area contributed by atoms with E-state index in [4.69, 9.17) is 14.8 Å². The Balaban J connectivity index is 1.34. The molecule has 2 aliphatic heterocycles. The molecule has 53 heavy (non-hydrogen) atoms. The number of ether oxygens (including phenoxy) is 1. The van der Waals surface area contributed by atoms with Gasteiger partial charge < -0.3 is 26.0 Å². The maximum absolute atomic E-state index is 13.9. The van der Waals surface area contributed by atoms with Crippen LogP contribution in [0.4, 0.5) is 0 Å². The summed E-state index contributed by atoms with van der Waals surface area (Å²) in [5.41, 5.74) is 2.30. The van der Waals surface area contributed by atoms with Crippen molar-refractivity contribution in [3.05, 3.63) is 88.8 Å². The number of carbonyl (C=O) groups excluding carboxylic acids is 4. The number of fused-ring (bicyclic) bond motifs is 14. The zero-order valence-electron chi connectivity index (χ0n) is 30.5. The van der Waals surface area contributed by atoms with E-state index in [0.29, 0.717) is 54.2 Å². The third kappa shape index (κ3) is 10.5. The molecule has 1 fully saturated rings. The van der Waals surface area contributed by atoms with Crippen LogP contribution in [0.25, 0.3) is 0 Å². The molecule has 4 N–H and O–H groups in total. The standard InChI is InChI=1S/C38H47N9O5S/c1-22(2)16-28-21-52-29-14-12-26(13-15-29)18-31(42-38(51)34-23(3)45-53-46-34)37(50)39-24(4)36(49)41-30(17-25-8-6-5-7-9-25)35-43-32(19-27-10-11-27)44-47(35)20-33(48)40-28/h5-9,12-15,22,24,27-28,30-31H,10-11,16-21H2,1-4H3,(H,39,50)(H,40,48)(H,41,49)(H,42,51)/t24-,28+,30-,31+/m1/s1. The summed E-state index contributed by atoms with van der Waals surface area (Å²) >= 11 is 0.915. The zero-order chi connectivity index (χ0) is 37.5. The molecule has 15 heteroatoms. The zero-order valence-corrected chi connectivity index (χ0v) is 31.3. The number of benzene rings is 2. The van der Waals surface area contributed by atoms with Crippen LogP contribution in [0.2, 0.25) is 0 Å². The Kier molecular flexibility index (Phi) is 12.1. The monoisotopic (exact) mass is 741 g/mol. The third-order valence-corrected chi connectivity index (χ3v) is 9.91. The predicted molar refractivity (Wildman–Crippen MR) is 198 cm³/mol. The number of aryl methyl sites for hydroxylation is 1. The molecule has 4 aromatic rings. The third-order valence-electron chi connectivity index (χ3n) is 9.29. The molecular formula is C38H47N9O5S. The fourth-order valence-electron chi connectivity index (χ4n) is 6.35. The Hall–Kier alpha value is -5.18.